The van der Waals surface area contributed by atoms with E-state index in [0.717, 1.165) is 11.5 Å². The molecular formula is C13H18N4. The summed E-state index contributed by atoms with van der Waals surface area (Å²) in [5.74, 6) is 6.38. The van der Waals surface area contributed by atoms with Crippen molar-refractivity contribution >= 4 is 17.0 Å². The van der Waals surface area contributed by atoms with Gasteiger partial charge < -0.3 is 4.57 Å². The Labute approximate surface area is 101 Å². The second-order valence-corrected chi connectivity index (χ2v) is 4.73. The molecule has 0 unspecified atom stereocenters. The second-order valence-electron chi connectivity index (χ2n) is 4.73. The van der Waals surface area contributed by atoms with Gasteiger partial charge >= 0.3 is 0 Å². The number of hydrogen-bond acceptors (Lipinski definition) is 3. The Kier molecular flexibility index (Phi) is 2.73. The fourth-order valence-electron chi connectivity index (χ4n) is 2.86. The fourth-order valence-corrected chi connectivity index (χ4v) is 2.86. The van der Waals surface area contributed by atoms with Gasteiger partial charge in [-0.2, -0.15) is 0 Å². The van der Waals surface area contributed by atoms with Crippen molar-refractivity contribution in [2.75, 3.05) is 5.43 Å². The third kappa shape index (κ3) is 1.78. The minimum absolute atomic E-state index is 0.544. The topological polar surface area (TPSA) is 55.9 Å². The molecule has 2 aromatic rings. The predicted octanol–water partition coefficient (Wildman–Crippen LogP) is 2.83. The number of rotatable bonds is 2. The van der Waals surface area contributed by atoms with Gasteiger partial charge in [-0.1, -0.05) is 31.4 Å². The number of benzene rings is 1. The summed E-state index contributed by atoms with van der Waals surface area (Å²) in [6.45, 7) is 0. The minimum Gasteiger partial charge on any atom is -0.306 e. The smallest absolute Gasteiger partial charge is 0.218 e. The van der Waals surface area contributed by atoms with Gasteiger partial charge in [-0.05, 0) is 25.0 Å². The minimum atomic E-state index is 0.544. The van der Waals surface area contributed by atoms with E-state index in [9.17, 15) is 0 Å². The number of nitrogens with zero attached hydrogens (tertiary/aromatic N) is 2. The van der Waals surface area contributed by atoms with Crippen molar-refractivity contribution in [3.63, 3.8) is 0 Å². The van der Waals surface area contributed by atoms with E-state index in [4.69, 9.17) is 5.84 Å². The van der Waals surface area contributed by atoms with E-state index >= 15 is 0 Å². The fraction of sp³-hybridized carbons (Fsp3) is 0.462. The van der Waals surface area contributed by atoms with Gasteiger partial charge in [-0.15, -0.1) is 0 Å². The molecule has 17 heavy (non-hydrogen) atoms. The molecule has 0 bridgehead atoms. The second kappa shape index (κ2) is 4.37. The van der Waals surface area contributed by atoms with E-state index in [0.29, 0.717) is 6.04 Å². The van der Waals surface area contributed by atoms with Gasteiger partial charge in [0.05, 0.1) is 11.0 Å². The Bertz CT molecular complexity index is 511. The zero-order chi connectivity index (χ0) is 11.7. The molecule has 90 valence electrons. The summed E-state index contributed by atoms with van der Waals surface area (Å²) >= 11 is 0. The van der Waals surface area contributed by atoms with Gasteiger partial charge in [-0.25, -0.2) is 10.8 Å². The predicted molar refractivity (Wildman–Crippen MR) is 69.7 cm³/mol. The van der Waals surface area contributed by atoms with E-state index in [2.05, 4.69) is 27.1 Å². The molecule has 1 aromatic carbocycles. The number of aromatic nitrogens is 2. The van der Waals surface area contributed by atoms with Crippen LogP contribution in [0.2, 0.25) is 0 Å². The van der Waals surface area contributed by atoms with Gasteiger partial charge in [0.1, 0.15) is 0 Å². The Morgan fingerprint density at radius 3 is 2.71 bits per heavy atom. The first-order valence-corrected chi connectivity index (χ1v) is 6.34. The summed E-state index contributed by atoms with van der Waals surface area (Å²) in [5, 5.41) is 0. The summed E-state index contributed by atoms with van der Waals surface area (Å²) in [7, 11) is 0. The number of nitrogens with one attached hydrogen (secondary N) is 1. The molecule has 3 rings (SSSR count). The highest BCUT2D eigenvalue weighted by Gasteiger charge is 2.20. The molecule has 1 saturated carbocycles. The van der Waals surface area contributed by atoms with Crippen LogP contribution in [0, 0.1) is 0 Å². The summed E-state index contributed by atoms with van der Waals surface area (Å²) in [5.41, 5.74) is 4.94. The van der Waals surface area contributed by atoms with E-state index in [-0.39, 0.29) is 0 Å². The molecule has 1 aliphatic rings. The van der Waals surface area contributed by atoms with Gasteiger partial charge in [0, 0.05) is 6.04 Å². The first-order valence-electron chi connectivity index (χ1n) is 6.34. The van der Waals surface area contributed by atoms with E-state index < -0.39 is 0 Å². The van der Waals surface area contributed by atoms with Gasteiger partial charge in [0.25, 0.3) is 0 Å². The number of imidazole rings is 1. The quantitative estimate of drug-likeness (QED) is 0.616. The molecule has 1 aliphatic carbocycles. The van der Waals surface area contributed by atoms with Gasteiger partial charge in [0.2, 0.25) is 5.95 Å². The van der Waals surface area contributed by atoms with Gasteiger partial charge in [-0.3, -0.25) is 5.43 Å². The van der Waals surface area contributed by atoms with Crippen molar-refractivity contribution in [3.05, 3.63) is 24.3 Å². The number of nitrogens with two attached hydrogens (primary N) is 1. The summed E-state index contributed by atoms with van der Waals surface area (Å²) in [4.78, 5) is 4.53. The van der Waals surface area contributed by atoms with Crippen LogP contribution in [0.25, 0.3) is 11.0 Å². The van der Waals surface area contributed by atoms with Crippen molar-refractivity contribution in [2.24, 2.45) is 5.84 Å². The van der Waals surface area contributed by atoms with Crippen LogP contribution in [0.1, 0.15) is 38.1 Å². The number of fused-ring (bicyclic) bond motifs is 1. The summed E-state index contributed by atoms with van der Waals surface area (Å²) in [6, 6.07) is 8.78. The molecule has 1 fully saturated rings. The highest BCUT2D eigenvalue weighted by atomic mass is 15.3. The number of hydrazine groups is 1. The van der Waals surface area contributed by atoms with Crippen molar-refractivity contribution in [1.29, 1.82) is 0 Å². The third-order valence-corrected chi connectivity index (χ3v) is 3.66. The average Bonchev–Trinajstić information content (AvgIpc) is 2.78. The van der Waals surface area contributed by atoms with Crippen LogP contribution in [-0.4, -0.2) is 9.55 Å². The maximum atomic E-state index is 5.59. The lowest BCUT2D eigenvalue weighted by Crippen LogP contribution is -2.18. The van der Waals surface area contributed by atoms with Crippen LogP contribution in [-0.2, 0) is 0 Å². The maximum Gasteiger partial charge on any atom is 0.218 e. The molecule has 4 nitrogen and oxygen atoms in total. The van der Waals surface area contributed by atoms with E-state index in [1.54, 1.807) is 0 Å². The van der Waals surface area contributed by atoms with Crippen LogP contribution in [0.3, 0.4) is 0 Å². The lowest BCUT2D eigenvalue weighted by Gasteiger charge is -2.25. The molecular weight excluding hydrogens is 212 g/mol. The van der Waals surface area contributed by atoms with Crippen LogP contribution >= 0.6 is 0 Å². The SMILES string of the molecule is NNc1nc2ccccc2n1C1CCCCC1. The molecule has 0 saturated heterocycles. The first kappa shape index (κ1) is 10.6. The highest BCUT2D eigenvalue weighted by molar-refractivity contribution is 5.78. The van der Waals surface area contributed by atoms with Crippen LogP contribution in [0.4, 0.5) is 5.95 Å². The first-order chi connectivity index (χ1) is 8.40. The van der Waals surface area contributed by atoms with Crippen LogP contribution in [0.5, 0.6) is 0 Å². The molecule has 1 aromatic heterocycles. The number of anilines is 1. The number of hydrogen-bond donors (Lipinski definition) is 2. The normalized spacial score (nSPS) is 17.5. The zero-order valence-corrected chi connectivity index (χ0v) is 9.89. The molecule has 0 radical (unpaired) electrons. The van der Waals surface area contributed by atoms with E-state index in [1.165, 1.54) is 37.6 Å². The van der Waals surface area contributed by atoms with Crippen molar-refractivity contribution in [1.82, 2.24) is 9.55 Å². The Morgan fingerprint density at radius 2 is 1.94 bits per heavy atom. The van der Waals surface area contributed by atoms with Crippen molar-refractivity contribution in [3.8, 4) is 0 Å². The lowest BCUT2D eigenvalue weighted by atomic mass is 9.95. The zero-order valence-electron chi connectivity index (χ0n) is 9.89. The standard InChI is InChI=1S/C13H18N4/c14-16-13-15-11-8-4-5-9-12(11)17(13)10-6-2-1-3-7-10/h4-5,8-10H,1-3,6-7,14H2,(H,15,16). The maximum absolute atomic E-state index is 5.59. The molecule has 0 atom stereocenters. The third-order valence-electron chi connectivity index (χ3n) is 3.66. The van der Waals surface area contributed by atoms with Crippen LogP contribution in [0.15, 0.2) is 24.3 Å². The molecule has 0 aliphatic heterocycles. The largest absolute Gasteiger partial charge is 0.306 e. The molecule has 3 N–H and O–H groups in total. The number of para-hydroxylation sites is 2. The average molecular weight is 230 g/mol. The molecule has 4 heteroatoms. The molecule has 0 amide bonds. The summed E-state index contributed by atoms with van der Waals surface area (Å²) in [6.07, 6.45) is 6.43. The molecule has 0 spiro atoms. The lowest BCUT2D eigenvalue weighted by molar-refractivity contribution is 0.362. The number of nitrogen functional groups attached to an aromatic ring is 1. The molecule has 1 heterocycles. The Balaban J connectivity index is 2.11. The van der Waals surface area contributed by atoms with Crippen molar-refractivity contribution < 1.29 is 0 Å². The Hall–Kier alpha value is -1.55. The van der Waals surface area contributed by atoms with Gasteiger partial charge in [0.15, 0.2) is 0 Å². The summed E-state index contributed by atoms with van der Waals surface area (Å²) < 4.78 is 2.27. The highest BCUT2D eigenvalue weighted by Crippen LogP contribution is 2.33. The monoisotopic (exact) mass is 230 g/mol. The van der Waals surface area contributed by atoms with Crippen LogP contribution < -0.4 is 11.3 Å². The van der Waals surface area contributed by atoms with Crippen molar-refractivity contribution in [2.45, 2.75) is 38.1 Å². The Morgan fingerprint density at radius 1 is 1.18 bits per heavy atom. The van der Waals surface area contributed by atoms with E-state index in [1.807, 2.05) is 12.1 Å².